The van der Waals surface area contributed by atoms with E-state index in [1.54, 1.807) is 18.2 Å². The van der Waals surface area contributed by atoms with Crippen LogP contribution in [0.25, 0.3) is 0 Å². The topological polar surface area (TPSA) is 124 Å². The lowest BCUT2D eigenvalue weighted by molar-refractivity contribution is -0.121. The highest BCUT2D eigenvalue weighted by molar-refractivity contribution is 7.89. The zero-order chi connectivity index (χ0) is 24.2. The van der Waals surface area contributed by atoms with E-state index in [0.717, 1.165) is 0 Å². The van der Waals surface area contributed by atoms with E-state index in [1.807, 2.05) is 0 Å². The summed E-state index contributed by atoms with van der Waals surface area (Å²) in [6.45, 7) is -0.195. The molecule has 1 aliphatic heterocycles. The quantitative estimate of drug-likeness (QED) is 0.451. The van der Waals surface area contributed by atoms with Crippen LogP contribution < -0.4 is 10.2 Å². The average molecular weight is 492 g/mol. The van der Waals surface area contributed by atoms with Gasteiger partial charge in [-0.2, -0.15) is 16.9 Å². The van der Waals surface area contributed by atoms with Crippen LogP contribution in [0, 0.1) is 0 Å². The third-order valence-electron chi connectivity index (χ3n) is 5.41. The minimum absolute atomic E-state index is 0.109. The van der Waals surface area contributed by atoms with Crippen molar-refractivity contribution in [3.8, 4) is 0 Å². The molecule has 0 radical (unpaired) electrons. The van der Waals surface area contributed by atoms with E-state index in [0.29, 0.717) is 12.1 Å². The van der Waals surface area contributed by atoms with Crippen molar-refractivity contribution in [2.75, 3.05) is 31.6 Å². The Morgan fingerprint density at radius 2 is 1.73 bits per heavy atom. The van der Waals surface area contributed by atoms with Crippen molar-refractivity contribution in [3.63, 3.8) is 0 Å². The Hall–Kier alpha value is -2.73. The number of nitrogens with one attached hydrogen (secondary N) is 1. The van der Waals surface area contributed by atoms with Gasteiger partial charge in [-0.3, -0.25) is 9.59 Å². The molecule has 1 heterocycles. The average Bonchev–Trinajstić information content (AvgIpc) is 3.21. The summed E-state index contributed by atoms with van der Waals surface area (Å²) in [4.78, 5) is 37.7. The largest absolute Gasteiger partial charge is 0.478 e. The van der Waals surface area contributed by atoms with E-state index in [-0.39, 0.29) is 47.0 Å². The molecule has 0 aromatic heterocycles. The maximum absolute atomic E-state index is 13.0. The van der Waals surface area contributed by atoms with Crippen LogP contribution in [0.2, 0.25) is 0 Å². The molecule has 0 spiro atoms. The van der Waals surface area contributed by atoms with Gasteiger partial charge >= 0.3 is 5.97 Å². The second kappa shape index (κ2) is 10.5. The first kappa shape index (κ1) is 24.9. The number of amides is 1. The Kier molecular flexibility index (Phi) is 7.90. The Labute approximate surface area is 197 Å². The van der Waals surface area contributed by atoms with Gasteiger partial charge in [0.25, 0.3) is 0 Å². The zero-order valence-electron chi connectivity index (χ0n) is 17.9. The maximum Gasteiger partial charge on any atom is 0.335 e. The number of carbonyl (C=O) groups is 3. The SMILES string of the molecule is CN(C(=O)CNCC(=O)C1CC(S)CN1S(=O)(=O)c1ccccc1)c1ccc(C(=O)O)cc1. The summed E-state index contributed by atoms with van der Waals surface area (Å²) in [5.41, 5.74) is 0.615. The summed E-state index contributed by atoms with van der Waals surface area (Å²) in [6.07, 6.45) is 0.291. The molecule has 11 heteroatoms. The zero-order valence-corrected chi connectivity index (χ0v) is 19.6. The molecule has 9 nitrogen and oxygen atoms in total. The molecule has 2 aromatic carbocycles. The van der Waals surface area contributed by atoms with Gasteiger partial charge in [-0.25, -0.2) is 13.2 Å². The number of thiol groups is 1. The monoisotopic (exact) mass is 491 g/mol. The number of carbonyl (C=O) groups excluding carboxylic acids is 2. The molecule has 2 unspecified atom stereocenters. The number of aromatic carboxylic acids is 1. The second-order valence-corrected chi connectivity index (χ2v) is 10.3. The van der Waals surface area contributed by atoms with Gasteiger partial charge < -0.3 is 15.3 Å². The molecule has 1 saturated heterocycles. The number of carboxylic acid groups (broad SMARTS) is 1. The number of anilines is 1. The van der Waals surface area contributed by atoms with Crippen molar-refractivity contribution >= 4 is 46.0 Å². The first-order valence-electron chi connectivity index (χ1n) is 10.2. The standard InChI is InChI=1S/C22H25N3O6S2/c1-24(16-9-7-15(8-10-16)22(28)29)21(27)13-23-12-20(26)19-11-17(32)14-25(19)33(30,31)18-5-3-2-4-6-18/h2-10,17,19,23,32H,11-14H2,1H3,(H,28,29). The van der Waals surface area contributed by atoms with Gasteiger partial charge in [0.05, 0.1) is 29.6 Å². The van der Waals surface area contributed by atoms with Crippen molar-refractivity contribution in [1.29, 1.82) is 0 Å². The van der Waals surface area contributed by atoms with Crippen molar-refractivity contribution in [2.24, 2.45) is 0 Å². The lowest BCUT2D eigenvalue weighted by Crippen LogP contribution is -2.45. The summed E-state index contributed by atoms with van der Waals surface area (Å²) >= 11 is 4.38. The Balaban J connectivity index is 1.59. The molecule has 2 N–H and O–H groups in total. The lowest BCUT2D eigenvalue weighted by atomic mass is 10.1. The van der Waals surface area contributed by atoms with Crippen LogP contribution in [0.15, 0.2) is 59.5 Å². The highest BCUT2D eigenvalue weighted by Crippen LogP contribution is 2.29. The van der Waals surface area contributed by atoms with Crippen LogP contribution >= 0.6 is 12.6 Å². The van der Waals surface area contributed by atoms with Gasteiger partial charge in [-0.15, -0.1) is 0 Å². The van der Waals surface area contributed by atoms with Gasteiger partial charge in [0.2, 0.25) is 15.9 Å². The third kappa shape index (κ3) is 5.80. The highest BCUT2D eigenvalue weighted by atomic mass is 32.2. The van der Waals surface area contributed by atoms with E-state index in [4.69, 9.17) is 5.11 Å². The number of hydrogen-bond donors (Lipinski definition) is 3. The summed E-state index contributed by atoms with van der Waals surface area (Å²) in [6, 6.07) is 12.9. The Bertz CT molecular complexity index is 1120. The number of Topliss-reactive ketones (excluding diaryl/α,β-unsaturated/α-hetero) is 1. The smallest absolute Gasteiger partial charge is 0.335 e. The summed E-state index contributed by atoms with van der Waals surface area (Å²) in [5.74, 6) is -1.74. The fraction of sp³-hybridized carbons (Fsp3) is 0.318. The molecular weight excluding hydrogens is 466 g/mol. The molecule has 2 atom stereocenters. The number of carboxylic acids is 1. The number of sulfonamides is 1. The number of likely N-dealkylation sites (N-methyl/N-ethyl adjacent to an activating group) is 1. The first-order valence-corrected chi connectivity index (χ1v) is 12.1. The number of rotatable bonds is 9. The third-order valence-corrected chi connectivity index (χ3v) is 7.67. The summed E-state index contributed by atoms with van der Waals surface area (Å²) in [5, 5.41) is 11.5. The maximum atomic E-state index is 13.0. The van der Waals surface area contributed by atoms with E-state index < -0.39 is 22.0 Å². The summed E-state index contributed by atoms with van der Waals surface area (Å²) < 4.78 is 27.2. The molecular formula is C22H25N3O6S2. The van der Waals surface area contributed by atoms with Crippen LogP contribution in [-0.4, -0.2) is 73.5 Å². The van der Waals surface area contributed by atoms with Crippen LogP contribution in [0.3, 0.4) is 0 Å². The van der Waals surface area contributed by atoms with Crippen molar-refractivity contribution in [3.05, 3.63) is 60.2 Å². The molecule has 1 fully saturated rings. The van der Waals surface area contributed by atoms with E-state index >= 15 is 0 Å². The fourth-order valence-electron chi connectivity index (χ4n) is 3.57. The fourth-order valence-corrected chi connectivity index (χ4v) is 5.74. The Morgan fingerprint density at radius 3 is 2.33 bits per heavy atom. The van der Waals surface area contributed by atoms with Crippen molar-refractivity contribution in [2.45, 2.75) is 22.6 Å². The number of hydrogen-bond acceptors (Lipinski definition) is 7. The van der Waals surface area contributed by atoms with Crippen molar-refractivity contribution < 1.29 is 27.9 Å². The van der Waals surface area contributed by atoms with Crippen LogP contribution in [0.5, 0.6) is 0 Å². The van der Waals surface area contributed by atoms with Crippen LogP contribution in [-0.2, 0) is 19.6 Å². The van der Waals surface area contributed by atoms with Gasteiger partial charge in [-0.1, -0.05) is 18.2 Å². The molecule has 0 bridgehead atoms. The number of benzene rings is 2. The second-order valence-electron chi connectivity index (χ2n) is 7.67. The van der Waals surface area contributed by atoms with E-state index in [1.165, 1.54) is 52.7 Å². The van der Waals surface area contributed by atoms with Gasteiger partial charge in [0, 0.05) is 24.5 Å². The molecule has 33 heavy (non-hydrogen) atoms. The first-order chi connectivity index (χ1) is 15.6. The lowest BCUT2D eigenvalue weighted by Gasteiger charge is -2.23. The molecule has 3 rings (SSSR count). The predicted molar refractivity (Wildman–Crippen MR) is 126 cm³/mol. The molecule has 2 aromatic rings. The molecule has 0 saturated carbocycles. The number of nitrogens with zero attached hydrogens (tertiary/aromatic N) is 2. The molecule has 1 amide bonds. The van der Waals surface area contributed by atoms with Gasteiger partial charge in [-0.05, 0) is 42.8 Å². The minimum atomic E-state index is -3.85. The van der Waals surface area contributed by atoms with Crippen LogP contribution in [0.1, 0.15) is 16.8 Å². The van der Waals surface area contributed by atoms with Gasteiger partial charge in [0.15, 0.2) is 5.78 Å². The normalized spacial score (nSPS) is 18.7. The van der Waals surface area contributed by atoms with E-state index in [9.17, 15) is 22.8 Å². The Morgan fingerprint density at radius 1 is 1.09 bits per heavy atom. The number of ketones is 1. The minimum Gasteiger partial charge on any atom is -0.478 e. The molecule has 1 aliphatic rings. The highest BCUT2D eigenvalue weighted by Gasteiger charge is 2.42. The van der Waals surface area contributed by atoms with E-state index in [2.05, 4.69) is 17.9 Å². The predicted octanol–water partition coefficient (Wildman–Crippen LogP) is 1.27. The van der Waals surface area contributed by atoms with Crippen molar-refractivity contribution in [1.82, 2.24) is 9.62 Å². The van der Waals surface area contributed by atoms with Crippen LogP contribution in [0.4, 0.5) is 5.69 Å². The summed E-state index contributed by atoms with van der Waals surface area (Å²) in [7, 11) is -2.31. The van der Waals surface area contributed by atoms with Gasteiger partial charge in [0.1, 0.15) is 0 Å². The molecule has 176 valence electrons. The molecule has 0 aliphatic carbocycles.